The first-order valence-corrected chi connectivity index (χ1v) is 7.04. The number of hydrogen-bond donors (Lipinski definition) is 1. The van der Waals surface area contributed by atoms with Gasteiger partial charge in [0.25, 0.3) is 0 Å². The normalized spacial score (nSPS) is 24.8. The fourth-order valence-electron chi connectivity index (χ4n) is 2.73. The van der Waals surface area contributed by atoms with Crippen LogP contribution < -0.4 is 5.32 Å². The maximum Gasteiger partial charge on any atom is 0.0713 e. The van der Waals surface area contributed by atoms with Gasteiger partial charge in [-0.2, -0.15) is 0 Å². The average molecular weight is 263 g/mol. The van der Waals surface area contributed by atoms with Crippen molar-refractivity contribution < 1.29 is 9.47 Å². The molecule has 0 aliphatic heterocycles. The van der Waals surface area contributed by atoms with Gasteiger partial charge < -0.3 is 14.8 Å². The van der Waals surface area contributed by atoms with E-state index in [1.54, 1.807) is 7.11 Å². The topological polar surface area (TPSA) is 30.5 Å². The minimum absolute atomic E-state index is 0.188. The lowest BCUT2D eigenvalue weighted by molar-refractivity contribution is -0.0975. The summed E-state index contributed by atoms with van der Waals surface area (Å²) in [5.41, 5.74) is 2.56. The van der Waals surface area contributed by atoms with Crippen molar-refractivity contribution in [1.29, 1.82) is 0 Å². The van der Waals surface area contributed by atoms with Crippen LogP contribution in [0.15, 0.2) is 24.3 Å². The molecule has 2 unspecified atom stereocenters. The molecule has 0 saturated heterocycles. The van der Waals surface area contributed by atoms with Crippen LogP contribution in [0.3, 0.4) is 0 Å². The quantitative estimate of drug-likeness (QED) is 0.852. The van der Waals surface area contributed by atoms with E-state index in [0.717, 1.165) is 13.0 Å². The third-order valence-corrected chi connectivity index (χ3v) is 4.12. The zero-order valence-electron chi connectivity index (χ0n) is 12.4. The van der Waals surface area contributed by atoms with Crippen molar-refractivity contribution in [2.75, 3.05) is 19.0 Å². The highest BCUT2D eigenvalue weighted by molar-refractivity contribution is 5.47. The summed E-state index contributed by atoms with van der Waals surface area (Å²) in [7, 11) is 1.72. The zero-order chi connectivity index (χ0) is 13.9. The molecule has 0 bridgehead atoms. The molecule has 1 aromatic rings. The van der Waals surface area contributed by atoms with Gasteiger partial charge in [0.1, 0.15) is 0 Å². The van der Waals surface area contributed by atoms with Gasteiger partial charge in [-0.05, 0) is 31.0 Å². The van der Waals surface area contributed by atoms with Gasteiger partial charge in [-0.15, -0.1) is 0 Å². The Morgan fingerprint density at radius 1 is 1.37 bits per heavy atom. The lowest BCUT2D eigenvalue weighted by atomic mass is 9.64. The number of anilines is 1. The summed E-state index contributed by atoms with van der Waals surface area (Å²) in [4.78, 5) is 0. The van der Waals surface area contributed by atoms with E-state index in [-0.39, 0.29) is 5.41 Å². The molecule has 1 N–H and O–H groups in total. The summed E-state index contributed by atoms with van der Waals surface area (Å²) in [6.45, 7) is 8.06. The van der Waals surface area contributed by atoms with Crippen LogP contribution in [0, 0.1) is 5.41 Å². The van der Waals surface area contributed by atoms with Crippen molar-refractivity contribution in [2.24, 2.45) is 5.41 Å². The van der Waals surface area contributed by atoms with Crippen molar-refractivity contribution in [3.63, 3.8) is 0 Å². The number of nitrogens with one attached hydrogen (secondary N) is 1. The third kappa shape index (κ3) is 3.10. The summed E-state index contributed by atoms with van der Waals surface area (Å²) >= 11 is 0. The van der Waals surface area contributed by atoms with Gasteiger partial charge in [0.15, 0.2) is 0 Å². The Hall–Kier alpha value is -1.06. The smallest absolute Gasteiger partial charge is 0.0713 e. The van der Waals surface area contributed by atoms with Crippen molar-refractivity contribution in [1.82, 2.24) is 0 Å². The van der Waals surface area contributed by atoms with Crippen molar-refractivity contribution in [3.05, 3.63) is 29.8 Å². The van der Waals surface area contributed by atoms with Crippen LogP contribution in [0.5, 0.6) is 0 Å². The van der Waals surface area contributed by atoms with Crippen LogP contribution >= 0.6 is 0 Å². The van der Waals surface area contributed by atoms with Crippen molar-refractivity contribution in [2.45, 2.75) is 45.9 Å². The monoisotopic (exact) mass is 263 g/mol. The minimum Gasteiger partial charge on any atom is -0.382 e. The molecule has 0 radical (unpaired) electrons. The van der Waals surface area contributed by atoms with E-state index in [4.69, 9.17) is 9.47 Å². The second kappa shape index (κ2) is 5.93. The fraction of sp³-hybridized carbons (Fsp3) is 0.625. The first kappa shape index (κ1) is 14.4. The molecule has 1 saturated carbocycles. The Kier molecular flexibility index (Phi) is 4.48. The summed E-state index contributed by atoms with van der Waals surface area (Å²) in [6, 6.07) is 8.91. The van der Waals surface area contributed by atoms with Gasteiger partial charge in [0, 0.05) is 30.9 Å². The lowest BCUT2D eigenvalue weighted by Gasteiger charge is -2.52. The number of methoxy groups -OCH3 is 1. The third-order valence-electron chi connectivity index (χ3n) is 4.12. The molecule has 1 aliphatic carbocycles. The summed E-state index contributed by atoms with van der Waals surface area (Å²) in [5, 5.41) is 3.62. The predicted octanol–water partition coefficient (Wildman–Crippen LogP) is 3.45. The molecule has 3 nitrogen and oxygen atoms in total. The molecular formula is C16H25NO2. The van der Waals surface area contributed by atoms with Crippen molar-refractivity contribution in [3.8, 4) is 0 Å². The van der Waals surface area contributed by atoms with Crippen LogP contribution in [0.25, 0.3) is 0 Å². The Bertz CT molecular complexity index is 417. The van der Waals surface area contributed by atoms with Crippen molar-refractivity contribution >= 4 is 5.69 Å². The summed E-state index contributed by atoms with van der Waals surface area (Å²) < 4.78 is 10.9. The summed E-state index contributed by atoms with van der Waals surface area (Å²) in [6.07, 6.45) is 1.45. The van der Waals surface area contributed by atoms with E-state index in [0.29, 0.717) is 18.8 Å². The fourth-order valence-corrected chi connectivity index (χ4v) is 2.73. The summed E-state index contributed by atoms with van der Waals surface area (Å²) in [5.74, 6) is 0. The largest absolute Gasteiger partial charge is 0.382 e. The molecule has 0 spiro atoms. The Labute approximate surface area is 116 Å². The van der Waals surface area contributed by atoms with Gasteiger partial charge in [0.2, 0.25) is 0 Å². The molecule has 1 aliphatic rings. The van der Waals surface area contributed by atoms with Gasteiger partial charge in [0.05, 0.1) is 12.7 Å². The van der Waals surface area contributed by atoms with Gasteiger partial charge in [-0.25, -0.2) is 0 Å². The van der Waals surface area contributed by atoms with Gasteiger partial charge in [-0.1, -0.05) is 26.0 Å². The van der Waals surface area contributed by atoms with E-state index in [1.165, 1.54) is 11.3 Å². The average Bonchev–Trinajstić information content (AvgIpc) is 2.38. The lowest BCUT2D eigenvalue weighted by Crippen LogP contribution is -2.58. The predicted molar refractivity (Wildman–Crippen MR) is 78.4 cm³/mol. The standard InChI is InChI=1S/C16H25NO2/c1-5-19-15-10-14(16(15,2)3)17-13-8-6-7-12(9-13)11-18-4/h6-9,14-15,17H,5,10-11H2,1-4H3. The number of rotatable bonds is 6. The van der Waals surface area contributed by atoms with Crippen LogP contribution in [-0.4, -0.2) is 25.9 Å². The number of hydrogen-bond acceptors (Lipinski definition) is 3. The first-order valence-electron chi connectivity index (χ1n) is 7.04. The molecule has 19 heavy (non-hydrogen) atoms. The molecule has 3 heteroatoms. The van der Waals surface area contributed by atoms with E-state index < -0.39 is 0 Å². The maximum atomic E-state index is 5.76. The minimum atomic E-state index is 0.188. The number of ether oxygens (including phenoxy) is 2. The second-order valence-corrected chi connectivity index (χ2v) is 5.83. The highest BCUT2D eigenvalue weighted by Crippen LogP contribution is 2.44. The Morgan fingerprint density at radius 3 is 2.79 bits per heavy atom. The second-order valence-electron chi connectivity index (χ2n) is 5.83. The molecule has 0 amide bonds. The highest BCUT2D eigenvalue weighted by atomic mass is 16.5. The van der Waals surface area contributed by atoms with Crippen LogP contribution in [-0.2, 0) is 16.1 Å². The van der Waals surface area contributed by atoms with Crippen LogP contribution in [0.2, 0.25) is 0 Å². The molecule has 0 aromatic heterocycles. The van der Waals surface area contributed by atoms with Gasteiger partial charge >= 0.3 is 0 Å². The Balaban J connectivity index is 1.97. The molecule has 0 heterocycles. The Morgan fingerprint density at radius 2 is 2.16 bits per heavy atom. The first-order chi connectivity index (χ1) is 9.07. The van der Waals surface area contributed by atoms with E-state index >= 15 is 0 Å². The SMILES string of the molecule is CCOC1CC(Nc2cccc(COC)c2)C1(C)C. The molecule has 2 rings (SSSR count). The van der Waals surface area contributed by atoms with Crippen LogP contribution in [0.4, 0.5) is 5.69 Å². The van der Waals surface area contributed by atoms with E-state index in [9.17, 15) is 0 Å². The maximum absolute atomic E-state index is 5.76. The highest BCUT2D eigenvalue weighted by Gasteiger charge is 2.48. The van der Waals surface area contributed by atoms with Gasteiger partial charge in [-0.3, -0.25) is 0 Å². The molecular weight excluding hydrogens is 238 g/mol. The van der Waals surface area contributed by atoms with E-state index in [1.807, 2.05) is 0 Å². The molecule has 1 fully saturated rings. The zero-order valence-corrected chi connectivity index (χ0v) is 12.4. The molecule has 2 atom stereocenters. The van der Waals surface area contributed by atoms with Crippen LogP contribution in [0.1, 0.15) is 32.8 Å². The number of benzene rings is 1. The van der Waals surface area contributed by atoms with E-state index in [2.05, 4.69) is 50.4 Å². The molecule has 106 valence electrons. The molecule has 1 aromatic carbocycles.